The van der Waals surface area contributed by atoms with Crippen LogP contribution in [0.25, 0.3) is 0 Å². The molecule has 0 spiro atoms. The molecule has 1 unspecified atom stereocenters. The second-order valence-corrected chi connectivity index (χ2v) is 21.3. The Bertz CT molecular complexity index is 1560. The van der Waals surface area contributed by atoms with E-state index in [1.807, 2.05) is 0 Å². The van der Waals surface area contributed by atoms with Crippen molar-refractivity contribution in [3.8, 4) is 0 Å². The first kappa shape index (κ1) is 73.1. The first-order chi connectivity index (χ1) is 38.0. The number of rotatable bonds is 58. The van der Waals surface area contributed by atoms with Gasteiger partial charge in [0.25, 0.3) is 0 Å². The summed E-state index contributed by atoms with van der Waals surface area (Å²) in [7, 11) is 0. The fourth-order valence-electron chi connectivity index (χ4n) is 8.88. The molecular formula is C71H120O6. The molecule has 0 aliphatic heterocycles. The highest BCUT2D eigenvalue weighted by Crippen LogP contribution is 2.15. The molecule has 0 bridgehead atoms. The molecule has 0 radical (unpaired) electrons. The second-order valence-electron chi connectivity index (χ2n) is 21.3. The highest BCUT2D eigenvalue weighted by atomic mass is 16.6. The van der Waals surface area contributed by atoms with Crippen molar-refractivity contribution >= 4 is 17.9 Å². The summed E-state index contributed by atoms with van der Waals surface area (Å²) in [6, 6.07) is 0. The van der Waals surface area contributed by atoms with Crippen LogP contribution in [0.1, 0.15) is 303 Å². The molecule has 0 aromatic heterocycles. The molecular weight excluding hydrogens is 949 g/mol. The van der Waals surface area contributed by atoms with Crippen molar-refractivity contribution < 1.29 is 28.6 Å². The Hall–Kier alpha value is -3.93. The van der Waals surface area contributed by atoms with E-state index in [1.165, 1.54) is 141 Å². The second kappa shape index (κ2) is 64.6. The van der Waals surface area contributed by atoms with Crippen LogP contribution in [0.4, 0.5) is 0 Å². The van der Waals surface area contributed by atoms with Crippen LogP contribution in [-0.2, 0) is 28.6 Å². The van der Waals surface area contributed by atoms with E-state index in [2.05, 4.69) is 130 Å². The van der Waals surface area contributed by atoms with Crippen molar-refractivity contribution in [3.63, 3.8) is 0 Å². The number of hydrogen-bond donors (Lipinski definition) is 0. The monoisotopic (exact) mass is 1070 g/mol. The van der Waals surface area contributed by atoms with Gasteiger partial charge in [-0.05, 0) is 128 Å². The molecule has 0 N–H and O–H groups in total. The van der Waals surface area contributed by atoms with Gasteiger partial charge in [-0.15, -0.1) is 0 Å². The van der Waals surface area contributed by atoms with Crippen LogP contribution in [0.3, 0.4) is 0 Å². The predicted octanol–water partition coefficient (Wildman–Crippen LogP) is 22.2. The SMILES string of the molecule is CC/C=C\C/C=C\C/C=C\C/C=C\CCCCCCCCC(=O)OC(COC(=O)CCCCCCCC/C=C\C/C=C\C/C=C\CCCCCCC)COC(=O)CCCCCCCCCCC/C=C\C/C=C\CCCCC. The van der Waals surface area contributed by atoms with E-state index in [0.29, 0.717) is 19.3 Å². The standard InChI is InChI=1S/C71H120O6/c1-4-7-10-13-16-19-22-25-28-31-34-35-38-40-43-46-49-52-55-58-61-64-70(73)76-67-68(77-71(74)65-62-59-56-53-50-47-44-41-37-33-30-27-24-21-18-15-12-9-6-3)66-75-69(72)63-60-57-54-51-48-45-42-39-36-32-29-26-23-20-17-14-11-8-5-2/h9,12,17-18,20-22,25-27,29-31,34,37-38,40-41,68H,4-8,10-11,13-16,19,23-24,28,32-33,35-36,39,42-67H2,1-3H3/b12-9-,20-17-,21-18-,25-22-,29-26-,30-27-,34-31-,40-38-,41-37-. The largest absolute Gasteiger partial charge is 0.462 e. The van der Waals surface area contributed by atoms with Crippen molar-refractivity contribution in [1.29, 1.82) is 0 Å². The van der Waals surface area contributed by atoms with Crippen LogP contribution < -0.4 is 0 Å². The van der Waals surface area contributed by atoms with Gasteiger partial charge in [0.2, 0.25) is 0 Å². The topological polar surface area (TPSA) is 78.9 Å². The minimum atomic E-state index is -0.797. The van der Waals surface area contributed by atoms with Crippen molar-refractivity contribution in [1.82, 2.24) is 0 Å². The lowest BCUT2D eigenvalue weighted by Crippen LogP contribution is -2.30. The summed E-state index contributed by atoms with van der Waals surface area (Å²) in [4.78, 5) is 38.4. The average Bonchev–Trinajstić information content (AvgIpc) is 3.43. The smallest absolute Gasteiger partial charge is 0.306 e. The number of carbonyl (C=O) groups excluding carboxylic acids is 3. The maximum atomic E-state index is 12.9. The zero-order valence-corrected chi connectivity index (χ0v) is 50.4. The Labute approximate surface area is 476 Å². The molecule has 440 valence electrons. The van der Waals surface area contributed by atoms with E-state index < -0.39 is 6.10 Å². The highest BCUT2D eigenvalue weighted by Gasteiger charge is 2.19. The minimum Gasteiger partial charge on any atom is -0.462 e. The van der Waals surface area contributed by atoms with Gasteiger partial charge in [-0.25, -0.2) is 0 Å². The quantitative estimate of drug-likeness (QED) is 0.0261. The third-order valence-electron chi connectivity index (χ3n) is 13.7. The van der Waals surface area contributed by atoms with Gasteiger partial charge in [0.15, 0.2) is 6.10 Å². The Morgan fingerprint density at radius 1 is 0.273 bits per heavy atom. The van der Waals surface area contributed by atoms with Crippen molar-refractivity contribution in [2.45, 2.75) is 309 Å². The molecule has 0 aliphatic rings. The summed E-state index contributed by atoms with van der Waals surface area (Å²) in [6.07, 6.45) is 87.9. The number of unbranched alkanes of at least 4 members (excludes halogenated alkanes) is 29. The molecule has 0 aromatic carbocycles. The van der Waals surface area contributed by atoms with Gasteiger partial charge in [0.05, 0.1) is 0 Å². The van der Waals surface area contributed by atoms with Crippen LogP contribution >= 0.6 is 0 Å². The molecule has 0 saturated carbocycles. The summed E-state index contributed by atoms with van der Waals surface area (Å²) >= 11 is 0. The number of allylic oxidation sites excluding steroid dienone is 18. The zero-order chi connectivity index (χ0) is 55.7. The first-order valence-corrected chi connectivity index (χ1v) is 32.4. The summed E-state index contributed by atoms with van der Waals surface area (Å²) in [5.41, 5.74) is 0. The maximum absolute atomic E-state index is 12.9. The number of esters is 3. The fraction of sp³-hybridized carbons (Fsp3) is 0.704. The average molecular weight is 1070 g/mol. The maximum Gasteiger partial charge on any atom is 0.306 e. The number of carbonyl (C=O) groups is 3. The van der Waals surface area contributed by atoms with Gasteiger partial charge in [-0.3, -0.25) is 14.4 Å². The van der Waals surface area contributed by atoms with Crippen LogP contribution in [0.15, 0.2) is 109 Å². The third kappa shape index (κ3) is 62.8. The van der Waals surface area contributed by atoms with E-state index >= 15 is 0 Å². The molecule has 6 nitrogen and oxygen atoms in total. The normalized spacial score (nSPS) is 12.8. The summed E-state index contributed by atoms with van der Waals surface area (Å²) in [5, 5.41) is 0. The molecule has 0 rings (SSSR count). The summed E-state index contributed by atoms with van der Waals surface area (Å²) in [5.74, 6) is -0.914. The van der Waals surface area contributed by atoms with Crippen LogP contribution in [-0.4, -0.2) is 37.2 Å². The van der Waals surface area contributed by atoms with E-state index in [0.717, 1.165) is 122 Å². The Morgan fingerprint density at radius 2 is 0.506 bits per heavy atom. The molecule has 0 fully saturated rings. The van der Waals surface area contributed by atoms with E-state index in [9.17, 15) is 14.4 Å². The van der Waals surface area contributed by atoms with Crippen LogP contribution in [0.5, 0.6) is 0 Å². The molecule has 0 saturated heterocycles. The van der Waals surface area contributed by atoms with Gasteiger partial charge in [0.1, 0.15) is 13.2 Å². The van der Waals surface area contributed by atoms with Crippen molar-refractivity contribution in [2.75, 3.05) is 13.2 Å². The van der Waals surface area contributed by atoms with E-state index in [4.69, 9.17) is 14.2 Å². The molecule has 0 aliphatic carbocycles. The van der Waals surface area contributed by atoms with Crippen molar-refractivity contribution in [3.05, 3.63) is 109 Å². The highest BCUT2D eigenvalue weighted by molar-refractivity contribution is 5.71. The Balaban J connectivity index is 4.45. The molecule has 0 heterocycles. The van der Waals surface area contributed by atoms with Gasteiger partial charge in [-0.1, -0.05) is 265 Å². The van der Waals surface area contributed by atoms with Crippen molar-refractivity contribution in [2.24, 2.45) is 0 Å². The lowest BCUT2D eigenvalue weighted by atomic mass is 10.1. The third-order valence-corrected chi connectivity index (χ3v) is 13.7. The van der Waals surface area contributed by atoms with Crippen LogP contribution in [0, 0.1) is 0 Å². The van der Waals surface area contributed by atoms with Crippen LogP contribution in [0.2, 0.25) is 0 Å². The van der Waals surface area contributed by atoms with Gasteiger partial charge >= 0.3 is 17.9 Å². The molecule has 0 amide bonds. The first-order valence-electron chi connectivity index (χ1n) is 32.4. The Morgan fingerprint density at radius 3 is 0.818 bits per heavy atom. The number of hydrogen-bond acceptors (Lipinski definition) is 6. The number of ether oxygens (including phenoxy) is 3. The van der Waals surface area contributed by atoms with E-state index in [-0.39, 0.29) is 31.1 Å². The van der Waals surface area contributed by atoms with Gasteiger partial charge < -0.3 is 14.2 Å². The lowest BCUT2D eigenvalue weighted by Gasteiger charge is -2.18. The minimum absolute atomic E-state index is 0.0913. The van der Waals surface area contributed by atoms with Gasteiger partial charge in [-0.2, -0.15) is 0 Å². The summed E-state index contributed by atoms with van der Waals surface area (Å²) in [6.45, 7) is 6.49. The van der Waals surface area contributed by atoms with E-state index in [1.54, 1.807) is 0 Å². The lowest BCUT2D eigenvalue weighted by molar-refractivity contribution is -0.167. The van der Waals surface area contributed by atoms with Gasteiger partial charge in [0, 0.05) is 19.3 Å². The molecule has 1 atom stereocenters. The molecule has 6 heteroatoms. The zero-order valence-electron chi connectivity index (χ0n) is 50.4. The predicted molar refractivity (Wildman–Crippen MR) is 334 cm³/mol. The Kier molecular flexibility index (Phi) is 61.3. The fourth-order valence-corrected chi connectivity index (χ4v) is 8.88. The molecule has 0 aromatic rings. The molecule has 77 heavy (non-hydrogen) atoms. The summed E-state index contributed by atoms with van der Waals surface area (Å²) < 4.78 is 16.9.